The van der Waals surface area contributed by atoms with E-state index in [-0.39, 0.29) is 18.6 Å². The van der Waals surface area contributed by atoms with Gasteiger partial charge in [0, 0.05) is 6.54 Å². The van der Waals surface area contributed by atoms with E-state index in [0.717, 1.165) is 19.4 Å². The monoisotopic (exact) mass is 315 g/mol. The van der Waals surface area contributed by atoms with Gasteiger partial charge in [0.05, 0.1) is 11.1 Å². The number of halogens is 1. The summed E-state index contributed by atoms with van der Waals surface area (Å²) in [5.41, 5.74) is 1.19. The number of likely N-dealkylation sites (tertiary alicyclic amines) is 1. The molecule has 0 N–H and O–H groups in total. The summed E-state index contributed by atoms with van der Waals surface area (Å²) in [6.07, 6.45) is 2.03. The van der Waals surface area contributed by atoms with E-state index >= 15 is 0 Å². The number of nitrogens with zero attached hydrogens (tertiary/aromatic N) is 1. The van der Waals surface area contributed by atoms with E-state index in [4.69, 9.17) is 16.3 Å². The highest BCUT2D eigenvalue weighted by atomic mass is 35.5. The maximum Gasteiger partial charge on any atom is 0.261 e. The summed E-state index contributed by atoms with van der Waals surface area (Å²) < 4.78 is 5.57. The third-order valence-electron chi connectivity index (χ3n) is 3.95. The van der Waals surface area contributed by atoms with Crippen molar-refractivity contribution in [2.75, 3.05) is 13.2 Å². The van der Waals surface area contributed by atoms with E-state index in [1.54, 1.807) is 12.1 Å². The van der Waals surface area contributed by atoms with Gasteiger partial charge in [-0.2, -0.15) is 0 Å². The molecule has 0 saturated carbocycles. The van der Waals surface area contributed by atoms with Crippen molar-refractivity contribution in [2.45, 2.75) is 18.9 Å². The smallest absolute Gasteiger partial charge is 0.261 e. The molecule has 0 bridgehead atoms. The molecule has 0 aliphatic carbocycles. The number of para-hydroxylation sites is 1. The van der Waals surface area contributed by atoms with E-state index in [1.165, 1.54) is 5.56 Å². The third-order valence-corrected chi connectivity index (χ3v) is 4.26. The van der Waals surface area contributed by atoms with Crippen molar-refractivity contribution in [1.82, 2.24) is 4.90 Å². The van der Waals surface area contributed by atoms with Crippen molar-refractivity contribution >= 4 is 17.5 Å². The van der Waals surface area contributed by atoms with Crippen molar-refractivity contribution in [3.8, 4) is 5.75 Å². The summed E-state index contributed by atoms with van der Waals surface area (Å²) in [6, 6.07) is 17.5. The Labute approximate surface area is 135 Å². The molecule has 2 aromatic carbocycles. The number of hydrogen-bond donors (Lipinski definition) is 0. The minimum Gasteiger partial charge on any atom is -0.482 e. The Morgan fingerprint density at radius 1 is 1.14 bits per heavy atom. The average Bonchev–Trinajstić information content (AvgIpc) is 3.04. The molecule has 1 amide bonds. The molecule has 3 nitrogen and oxygen atoms in total. The summed E-state index contributed by atoms with van der Waals surface area (Å²) in [6.45, 7) is 0.803. The molecule has 3 rings (SSSR count). The molecule has 0 aromatic heterocycles. The highest BCUT2D eigenvalue weighted by molar-refractivity contribution is 6.32. The largest absolute Gasteiger partial charge is 0.482 e. The Bertz CT molecular complexity index is 645. The molecule has 2 aromatic rings. The van der Waals surface area contributed by atoms with Gasteiger partial charge in [-0.1, -0.05) is 54.1 Å². The zero-order valence-corrected chi connectivity index (χ0v) is 13.0. The molecular weight excluding hydrogens is 298 g/mol. The Hall–Kier alpha value is -2.00. The Morgan fingerprint density at radius 3 is 2.64 bits per heavy atom. The first-order valence-electron chi connectivity index (χ1n) is 7.47. The maximum absolute atomic E-state index is 12.5. The molecular formula is C18H18ClNO2. The van der Waals surface area contributed by atoms with Crippen LogP contribution in [0.2, 0.25) is 5.02 Å². The molecule has 0 radical (unpaired) electrons. The quantitative estimate of drug-likeness (QED) is 0.850. The van der Waals surface area contributed by atoms with Crippen LogP contribution < -0.4 is 4.74 Å². The fraction of sp³-hybridized carbons (Fsp3) is 0.278. The van der Waals surface area contributed by atoms with Crippen molar-refractivity contribution in [1.29, 1.82) is 0 Å². The topological polar surface area (TPSA) is 29.5 Å². The van der Waals surface area contributed by atoms with Gasteiger partial charge in [-0.25, -0.2) is 0 Å². The highest BCUT2D eigenvalue weighted by Gasteiger charge is 2.29. The van der Waals surface area contributed by atoms with Crippen molar-refractivity contribution in [2.24, 2.45) is 0 Å². The van der Waals surface area contributed by atoms with Gasteiger partial charge < -0.3 is 9.64 Å². The van der Waals surface area contributed by atoms with E-state index < -0.39 is 0 Å². The van der Waals surface area contributed by atoms with Crippen LogP contribution in [-0.4, -0.2) is 24.0 Å². The van der Waals surface area contributed by atoms with Crippen molar-refractivity contribution in [3.63, 3.8) is 0 Å². The van der Waals surface area contributed by atoms with Gasteiger partial charge >= 0.3 is 0 Å². The Kier molecular flexibility index (Phi) is 4.64. The Balaban J connectivity index is 1.65. The molecule has 4 heteroatoms. The van der Waals surface area contributed by atoms with Crippen LogP contribution in [0.25, 0.3) is 0 Å². The zero-order valence-electron chi connectivity index (χ0n) is 12.2. The molecule has 22 heavy (non-hydrogen) atoms. The van der Waals surface area contributed by atoms with Gasteiger partial charge in [0.25, 0.3) is 5.91 Å². The molecule has 1 saturated heterocycles. The summed E-state index contributed by atoms with van der Waals surface area (Å²) in [5.74, 6) is 0.555. The maximum atomic E-state index is 12.5. The number of ether oxygens (including phenoxy) is 1. The number of amides is 1. The summed E-state index contributed by atoms with van der Waals surface area (Å²) in [5, 5.41) is 0.524. The SMILES string of the molecule is O=C(COc1ccccc1Cl)N1CCCC1c1ccccc1. The first kappa shape index (κ1) is 14.9. The van der Waals surface area contributed by atoms with Crippen LogP contribution in [0.4, 0.5) is 0 Å². The lowest BCUT2D eigenvalue weighted by Gasteiger charge is -2.25. The van der Waals surface area contributed by atoms with E-state index in [1.807, 2.05) is 35.2 Å². The second kappa shape index (κ2) is 6.84. The molecule has 1 fully saturated rings. The fourth-order valence-corrected chi connectivity index (χ4v) is 3.06. The van der Waals surface area contributed by atoms with Crippen LogP contribution in [0, 0.1) is 0 Å². The van der Waals surface area contributed by atoms with Crippen LogP contribution in [0.3, 0.4) is 0 Å². The van der Waals surface area contributed by atoms with E-state index in [2.05, 4.69) is 12.1 Å². The standard InChI is InChI=1S/C18H18ClNO2/c19-15-9-4-5-11-17(15)22-13-18(21)20-12-6-10-16(20)14-7-2-1-3-8-14/h1-5,7-9,11,16H,6,10,12-13H2. The lowest BCUT2D eigenvalue weighted by Crippen LogP contribution is -2.34. The molecule has 1 heterocycles. The van der Waals surface area contributed by atoms with Gasteiger partial charge in [0.15, 0.2) is 6.61 Å². The number of benzene rings is 2. The second-order valence-electron chi connectivity index (χ2n) is 5.37. The number of rotatable bonds is 4. The molecule has 114 valence electrons. The summed E-state index contributed by atoms with van der Waals surface area (Å²) >= 11 is 6.04. The predicted octanol–water partition coefficient (Wildman–Crippen LogP) is 4.08. The van der Waals surface area contributed by atoms with Gasteiger partial charge in [-0.15, -0.1) is 0 Å². The predicted molar refractivity (Wildman–Crippen MR) is 87.1 cm³/mol. The molecule has 0 spiro atoms. The van der Waals surface area contributed by atoms with Crippen LogP contribution in [-0.2, 0) is 4.79 Å². The van der Waals surface area contributed by atoms with Gasteiger partial charge in [0.2, 0.25) is 0 Å². The molecule has 1 aliphatic rings. The zero-order chi connectivity index (χ0) is 15.4. The first-order chi connectivity index (χ1) is 10.8. The lowest BCUT2D eigenvalue weighted by atomic mass is 10.0. The Morgan fingerprint density at radius 2 is 1.86 bits per heavy atom. The number of hydrogen-bond acceptors (Lipinski definition) is 2. The van der Waals surface area contributed by atoms with Gasteiger partial charge in [-0.05, 0) is 30.5 Å². The van der Waals surface area contributed by atoms with Crippen LogP contribution in [0.15, 0.2) is 54.6 Å². The highest BCUT2D eigenvalue weighted by Crippen LogP contribution is 2.32. The van der Waals surface area contributed by atoms with Crippen molar-refractivity contribution in [3.05, 3.63) is 65.2 Å². The normalized spacial score (nSPS) is 17.5. The second-order valence-corrected chi connectivity index (χ2v) is 5.78. The minimum absolute atomic E-state index is 0.00581. The summed E-state index contributed by atoms with van der Waals surface area (Å²) in [4.78, 5) is 14.4. The lowest BCUT2D eigenvalue weighted by molar-refractivity contribution is -0.134. The average molecular weight is 316 g/mol. The fourth-order valence-electron chi connectivity index (χ4n) is 2.87. The molecule has 1 aliphatic heterocycles. The van der Waals surface area contributed by atoms with Crippen LogP contribution >= 0.6 is 11.6 Å². The van der Waals surface area contributed by atoms with Crippen molar-refractivity contribution < 1.29 is 9.53 Å². The third kappa shape index (κ3) is 3.25. The first-order valence-corrected chi connectivity index (χ1v) is 7.85. The van der Waals surface area contributed by atoms with Gasteiger partial charge in [0.1, 0.15) is 5.75 Å². The number of carbonyl (C=O) groups is 1. The van der Waals surface area contributed by atoms with E-state index in [0.29, 0.717) is 10.8 Å². The molecule has 1 atom stereocenters. The van der Waals surface area contributed by atoms with Crippen LogP contribution in [0.1, 0.15) is 24.4 Å². The van der Waals surface area contributed by atoms with E-state index in [9.17, 15) is 4.79 Å². The summed E-state index contributed by atoms with van der Waals surface area (Å²) in [7, 11) is 0. The number of carbonyl (C=O) groups excluding carboxylic acids is 1. The molecule has 1 unspecified atom stereocenters. The van der Waals surface area contributed by atoms with Gasteiger partial charge in [-0.3, -0.25) is 4.79 Å². The van der Waals surface area contributed by atoms with Crippen LogP contribution in [0.5, 0.6) is 5.75 Å². The minimum atomic E-state index is 0.00581.